The van der Waals surface area contributed by atoms with Crippen LogP contribution in [0, 0.1) is 19.3 Å². The lowest BCUT2D eigenvalue weighted by Crippen LogP contribution is -2.35. The summed E-state index contributed by atoms with van der Waals surface area (Å²) in [7, 11) is 0. The average Bonchev–Trinajstić information content (AvgIpc) is 2.82. The van der Waals surface area contributed by atoms with Gasteiger partial charge in [0.25, 0.3) is 5.91 Å². The molecule has 0 aliphatic carbocycles. The Kier molecular flexibility index (Phi) is 5.39. The second kappa shape index (κ2) is 7.13. The molecule has 1 atom stereocenters. The number of pyridine rings is 1. The lowest BCUT2D eigenvalue weighted by molar-refractivity contribution is 0.0901. The van der Waals surface area contributed by atoms with E-state index >= 15 is 0 Å². The number of amides is 1. The maximum absolute atomic E-state index is 12.3. The van der Waals surface area contributed by atoms with Gasteiger partial charge in [-0.05, 0) is 50.8 Å². The van der Waals surface area contributed by atoms with E-state index in [-0.39, 0.29) is 11.3 Å². The lowest BCUT2D eigenvalue weighted by Gasteiger charge is -2.26. The maximum Gasteiger partial charge on any atom is 0.252 e. The van der Waals surface area contributed by atoms with Crippen molar-refractivity contribution in [1.82, 2.24) is 20.1 Å². The Morgan fingerprint density at radius 2 is 2.08 bits per heavy atom. The van der Waals surface area contributed by atoms with E-state index in [1.54, 1.807) is 29.9 Å². The van der Waals surface area contributed by atoms with Gasteiger partial charge in [0.15, 0.2) is 5.82 Å². The van der Waals surface area contributed by atoms with Crippen molar-refractivity contribution in [3.05, 3.63) is 41.3 Å². The quantitative estimate of drug-likeness (QED) is 0.852. The lowest BCUT2D eigenvalue weighted by atomic mass is 9.87. The van der Waals surface area contributed by atoms with Gasteiger partial charge in [-0.15, -0.1) is 0 Å². The molecule has 6 heteroatoms. The third-order valence-electron chi connectivity index (χ3n) is 3.81. The maximum atomic E-state index is 12.3. The number of hydrogen-bond donors (Lipinski definition) is 2. The zero-order chi connectivity index (χ0) is 17.9. The molecule has 2 heterocycles. The summed E-state index contributed by atoms with van der Waals surface area (Å²) < 4.78 is 1.75. The molecule has 0 fully saturated rings. The fraction of sp³-hybridized carbons (Fsp3) is 0.500. The highest BCUT2D eigenvalue weighted by Gasteiger charge is 2.21. The average molecular weight is 330 g/mol. The standard InChI is InChI=1S/C18H26N4O2/c1-12-8-13(2)22(21-12)16-7-6-15(10-19-16)17(24)20-11-18(4,5)9-14(3)23/h6-8,10,14,23H,9,11H2,1-5H3,(H,20,24). The summed E-state index contributed by atoms with van der Waals surface area (Å²) in [4.78, 5) is 16.6. The summed E-state index contributed by atoms with van der Waals surface area (Å²) in [5.41, 5.74) is 2.27. The van der Waals surface area contributed by atoms with Crippen molar-refractivity contribution in [3.63, 3.8) is 0 Å². The van der Waals surface area contributed by atoms with Gasteiger partial charge >= 0.3 is 0 Å². The minimum Gasteiger partial charge on any atom is -0.393 e. The second-order valence-electron chi connectivity index (χ2n) is 7.14. The molecule has 2 rings (SSSR count). The second-order valence-corrected chi connectivity index (χ2v) is 7.14. The smallest absolute Gasteiger partial charge is 0.252 e. The van der Waals surface area contributed by atoms with Gasteiger partial charge in [-0.25, -0.2) is 9.67 Å². The Hall–Kier alpha value is -2.21. The number of aromatic nitrogens is 3. The molecule has 0 saturated carbocycles. The summed E-state index contributed by atoms with van der Waals surface area (Å²) in [6, 6.07) is 5.51. The molecule has 1 unspecified atom stereocenters. The molecule has 0 spiro atoms. The number of nitrogens with zero attached hydrogens (tertiary/aromatic N) is 3. The molecule has 0 bridgehead atoms. The van der Waals surface area contributed by atoms with Gasteiger partial charge in [-0.2, -0.15) is 5.10 Å². The van der Waals surface area contributed by atoms with Gasteiger partial charge in [0.2, 0.25) is 0 Å². The number of carbonyl (C=O) groups is 1. The Bertz CT molecular complexity index is 702. The van der Waals surface area contributed by atoms with E-state index in [9.17, 15) is 9.90 Å². The minimum absolute atomic E-state index is 0.166. The monoisotopic (exact) mass is 330 g/mol. The first-order valence-electron chi connectivity index (χ1n) is 8.14. The van der Waals surface area contributed by atoms with Crippen LogP contribution in [0.2, 0.25) is 0 Å². The zero-order valence-corrected chi connectivity index (χ0v) is 15.0. The van der Waals surface area contributed by atoms with Crippen LogP contribution in [0.25, 0.3) is 5.82 Å². The largest absolute Gasteiger partial charge is 0.393 e. The van der Waals surface area contributed by atoms with Crippen LogP contribution in [-0.4, -0.2) is 38.4 Å². The topological polar surface area (TPSA) is 80.0 Å². The molecule has 6 nitrogen and oxygen atoms in total. The molecule has 0 aliphatic rings. The molecule has 0 saturated heterocycles. The van der Waals surface area contributed by atoms with E-state index in [1.165, 1.54) is 0 Å². The van der Waals surface area contributed by atoms with Gasteiger partial charge in [-0.1, -0.05) is 13.8 Å². The zero-order valence-electron chi connectivity index (χ0n) is 15.0. The summed E-state index contributed by atoms with van der Waals surface area (Å²) in [6.07, 6.45) is 1.80. The van der Waals surface area contributed by atoms with E-state index in [0.29, 0.717) is 24.3 Å². The van der Waals surface area contributed by atoms with E-state index in [1.807, 2.05) is 33.8 Å². The molecule has 2 N–H and O–H groups in total. The molecule has 1 amide bonds. The number of aliphatic hydroxyl groups is 1. The highest BCUT2D eigenvalue weighted by atomic mass is 16.3. The van der Waals surface area contributed by atoms with Crippen molar-refractivity contribution in [2.24, 2.45) is 5.41 Å². The number of rotatable bonds is 6. The summed E-state index contributed by atoms with van der Waals surface area (Å²) >= 11 is 0. The van der Waals surface area contributed by atoms with Crippen LogP contribution in [0.4, 0.5) is 0 Å². The molecule has 0 radical (unpaired) electrons. The molecule has 130 valence electrons. The summed E-state index contributed by atoms with van der Waals surface area (Å²) in [5.74, 6) is 0.521. The van der Waals surface area contributed by atoms with Crippen molar-refractivity contribution < 1.29 is 9.90 Å². The first-order valence-corrected chi connectivity index (χ1v) is 8.14. The van der Waals surface area contributed by atoms with Gasteiger partial charge in [0.05, 0.1) is 17.4 Å². The molecular weight excluding hydrogens is 304 g/mol. The number of carbonyl (C=O) groups excluding carboxylic acids is 1. The van der Waals surface area contributed by atoms with Crippen molar-refractivity contribution in [2.75, 3.05) is 6.54 Å². The molecule has 24 heavy (non-hydrogen) atoms. The number of aliphatic hydroxyl groups excluding tert-OH is 1. The molecule has 2 aromatic heterocycles. The van der Waals surface area contributed by atoms with Crippen LogP contribution in [0.15, 0.2) is 24.4 Å². The Morgan fingerprint density at radius 3 is 2.58 bits per heavy atom. The molecule has 2 aromatic rings. The highest BCUT2D eigenvalue weighted by molar-refractivity contribution is 5.93. The van der Waals surface area contributed by atoms with Crippen LogP contribution < -0.4 is 5.32 Å². The Morgan fingerprint density at radius 1 is 1.38 bits per heavy atom. The fourth-order valence-corrected chi connectivity index (χ4v) is 2.80. The van der Waals surface area contributed by atoms with Gasteiger partial charge in [0, 0.05) is 18.4 Å². The number of hydrogen-bond acceptors (Lipinski definition) is 4. The van der Waals surface area contributed by atoms with E-state index < -0.39 is 6.10 Å². The third kappa shape index (κ3) is 4.64. The van der Waals surface area contributed by atoms with Crippen LogP contribution in [-0.2, 0) is 0 Å². The van der Waals surface area contributed by atoms with Crippen LogP contribution in [0.5, 0.6) is 0 Å². The summed E-state index contributed by atoms with van der Waals surface area (Å²) in [5, 5.41) is 16.8. The Balaban J connectivity index is 2.03. The van der Waals surface area contributed by atoms with Gasteiger partial charge < -0.3 is 10.4 Å². The SMILES string of the molecule is Cc1cc(C)n(-c2ccc(C(=O)NCC(C)(C)CC(C)O)cn2)n1. The molecular formula is C18H26N4O2. The van der Waals surface area contributed by atoms with Crippen LogP contribution in [0.3, 0.4) is 0 Å². The van der Waals surface area contributed by atoms with Gasteiger partial charge in [-0.3, -0.25) is 4.79 Å². The minimum atomic E-state index is -0.390. The number of nitrogens with one attached hydrogen (secondary N) is 1. The van der Waals surface area contributed by atoms with E-state index in [0.717, 1.165) is 11.4 Å². The first-order chi connectivity index (χ1) is 11.2. The third-order valence-corrected chi connectivity index (χ3v) is 3.81. The summed E-state index contributed by atoms with van der Waals surface area (Å²) in [6.45, 7) is 10.2. The fourth-order valence-electron chi connectivity index (χ4n) is 2.80. The normalized spacial score (nSPS) is 12.9. The first kappa shape index (κ1) is 18.1. The van der Waals surface area contributed by atoms with Crippen molar-refractivity contribution in [2.45, 2.75) is 47.1 Å². The van der Waals surface area contributed by atoms with Crippen molar-refractivity contribution in [3.8, 4) is 5.82 Å². The predicted octanol–water partition coefficient (Wildman–Crippen LogP) is 2.41. The van der Waals surface area contributed by atoms with E-state index in [4.69, 9.17) is 0 Å². The van der Waals surface area contributed by atoms with Crippen LogP contribution >= 0.6 is 0 Å². The highest BCUT2D eigenvalue weighted by Crippen LogP contribution is 2.21. The Labute approximate surface area is 142 Å². The molecule has 0 aliphatic heterocycles. The number of aryl methyl sites for hydroxylation is 2. The van der Waals surface area contributed by atoms with Crippen molar-refractivity contribution >= 4 is 5.91 Å². The van der Waals surface area contributed by atoms with Gasteiger partial charge in [0.1, 0.15) is 0 Å². The van der Waals surface area contributed by atoms with Crippen LogP contribution in [0.1, 0.15) is 48.9 Å². The van der Waals surface area contributed by atoms with Crippen molar-refractivity contribution in [1.29, 1.82) is 0 Å². The molecule has 0 aromatic carbocycles. The predicted molar refractivity (Wildman–Crippen MR) is 93.2 cm³/mol. The van der Waals surface area contributed by atoms with E-state index in [2.05, 4.69) is 15.4 Å².